The molecule has 6 aromatic rings. The molecule has 0 saturated heterocycles. The van der Waals surface area contributed by atoms with E-state index in [9.17, 15) is 0 Å². The molecule has 2 nitrogen and oxygen atoms in total. The first-order valence-electron chi connectivity index (χ1n) is 9.44. The lowest BCUT2D eigenvalue weighted by molar-refractivity contribution is 0.420. The molecule has 0 aliphatic rings. The summed E-state index contributed by atoms with van der Waals surface area (Å²) in [5.74, 6) is 0.904. The van der Waals surface area contributed by atoms with E-state index in [4.69, 9.17) is 9.72 Å². The van der Waals surface area contributed by atoms with Crippen LogP contribution in [0.2, 0.25) is 0 Å². The predicted molar refractivity (Wildman–Crippen MR) is 118 cm³/mol. The third-order valence-electron chi connectivity index (χ3n) is 5.74. The van der Waals surface area contributed by atoms with E-state index in [0.29, 0.717) is 0 Å². The van der Waals surface area contributed by atoms with Crippen molar-refractivity contribution in [3.05, 3.63) is 85.1 Å². The van der Waals surface area contributed by atoms with Gasteiger partial charge in [0.05, 0.1) is 12.6 Å². The Morgan fingerprint density at radius 2 is 1.32 bits per heavy atom. The first-order valence-corrected chi connectivity index (χ1v) is 9.44. The minimum Gasteiger partial charge on any atom is -0.496 e. The van der Waals surface area contributed by atoms with Gasteiger partial charge in [-0.3, -0.25) is 4.98 Å². The summed E-state index contributed by atoms with van der Waals surface area (Å²) in [6, 6.07) is 27.9. The first-order chi connectivity index (χ1) is 13.8. The lowest BCUT2D eigenvalue weighted by Gasteiger charge is -2.14. The molecule has 0 radical (unpaired) electrons. The van der Waals surface area contributed by atoms with Crippen LogP contribution < -0.4 is 4.74 Å². The SMILES string of the molecule is COc1cc2ccccc2c2c1ccc1ccc3ccc4cccnc4c3c12. The van der Waals surface area contributed by atoms with Crippen LogP contribution in [0.1, 0.15) is 0 Å². The first kappa shape index (κ1) is 15.4. The van der Waals surface area contributed by atoms with Gasteiger partial charge in [0.15, 0.2) is 0 Å². The molecule has 132 valence electrons. The Bertz CT molecular complexity index is 1540. The number of hydrogen-bond acceptors (Lipinski definition) is 2. The highest BCUT2D eigenvalue weighted by Crippen LogP contribution is 2.42. The minimum atomic E-state index is 0.904. The van der Waals surface area contributed by atoms with Gasteiger partial charge in [-0.05, 0) is 39.7 Å². The van der Waals surface area contributed by atoms with Crippen LogP contribution in [0.3, 0.4) is 0 Å². The maximum absolute atomic E-state index is 5.77. The highest BCUT2D eigenvalue weighted by Gasteiger charge is 2.14. The Balaban J connectivity index is 2.02. The van der Waals surface area contributed by atoms with Gasteiger partial charge in [0.2, 0.25) is 0 Å². The molecule has 0 saturated carbocycles. The molecule has 0 N–H and O–H groups in total. The van der Waals surface area contributed by atoms with E-state index >= 15 is 0 Å². The Morgan fingerprint density at radius 1 is 0.607 bits per heavy atom. The van der Waals surface area contributed by atoms with Gasteiger partial charge in [-0.1, -0.05) is 60.7 Å². The van der Waals surface area contributed by atoms with Crippen LogP contribution in [0, 0.1) is 0 Å². The van der Waals surface area contributed by atoms with Crippen LogP contribution in [0.25, 0.3) is 54.0 Å². The Morgan fingerprint density at radius 3 is 2.18 bits per heavy atom. The second-order valence-corrected chi connectivity index (χ2v) is 7.19. The summed E-state index contributed by atoms with van der Waals surface area (Å²) in [7, 11) is 1.74. The van der Waals surface area contributed by atoms with E-state index in [-0.39, 0.29) is 0 Å². The summed E-state index contributed by atoms with van der Waals surface area (Å²) >= 11 is 0. The third kappa shape index (κ3) is 2.00. The zero-order valence-corrected chi connectivity index (χ0v) is 15.4. The second-order valence-electron chi connectivity index (χ2n) is 7.19. The number of pyridine rings is 1. The fourth-order valence-electron chi connectivity index (χ4n) is 4.49. The highest BCUT2D eigenvalue weighted by atomic mass is 16.5. The van der Waals surface area contributed by atoms with Gasteiger partial charge in [-0.15, -0.1) is 0 Å². The fourth-order valence-corrected chi connectivity index (χ4v) is 4.49. The summed E-state index contributed by atoms with van der Waals surface area (Å²) in [4.78, 5) is 4.76. The van der Waals surface area contributed by atoms with Gasteiger partial charge in [-0.25, -0.2) is 0 Å². The number of aromatic nitrogens is 1. The number of methoxy groups -OCH3 is 1. The Labute approximate surface area is 162 Å². The van der Waals surface area contributed by atoms with E-state index in [1.807, 2.05) is 12.3 Å². The standard InChI is InChI=1S/C26H17NO/c1-28-22-15-19-5-2-3-7-20(19)25-21(22)13-12-16-8-9-17-10-11-18-6-4-14-27-26(18)24(17)23(16)25/h2-15H,1H3. The summed E-state index contributed by atoms with van der Waals surface area (Å²) < 4.78 is 5.77. The van der Waals surface area contributed by atoms with E-state index in [1.165, 1.54) is 37.7 Å². The van der Waals surface area contributed by atoms with Gasteiger partial charge >= 0.3 is 0 Å². The van der Waals surface area contributed by atoms with Gasteiger partial charge in [0, 0.05) is 33.1 Å². The number of fused-ring (bicyclic) bond motifs is 9. The molecule has 5 aromatic carbocycles. The van der Waals surface area contributed by atoms with Crippen molar-refractivity contribution in [1.82, 2.24) is 4.98 Å². The normalized spacial score (nSPS) is 11.8. The molecule has 0 aliphatic carbocycles. The van der Waals surface area contributed by atoms with Crippen molar-refractivity contribution < 1.29 is 4.74 Å². The minimum absolute atomic E-state index is 0.904. The van der Waals surface area contributed by atoms with Crippen LogP contribution in [0.5, 0.6) is 5.75 Å². The van der Waals surface area contributed by atoms with E-state index in [0.717, 1.165) is 22.0 Å². The molecule has 0 fully saturated rings. The van der Waals surface area contributed by atoms with Crippen LogP contribution >= 0.6 is 0 Å². The van der Waals surface area contributed by atoms with Crippen molar-refractivity contribution in [3.8, 4) is 5.75 Å². The predicted octanol–water partition coefficient (Wildman–Crippen LogP) is 6.86. The van der Waals surface area contributed by atoms with Crippen molar-refractivity contribution in [3.63, 3.8) is 0 Å². The maximum atomic E-state index is 5.77. The van der Waals surface area contributed by atoms with Crippen LogP contribution in [-0.4, -0.2) is 12.1 Å². The monoisotopic (exact) mass is 359 g/mol. The van der Waals surface area contributed by atoms with Gasteiger partial charge < -0.3 is 4.74 Å². The smallest absolute Gasteiger partial charge is 0.127 e. The molecule has 0 spiro atoms. The van der Waals surface area contributed by atoms with E-state index in [1.54, 1.807) is 7.11 Å². The topological polar surface area (TPSA) is 22.1 Å². The van der Waals surface area contributed by atoms with Crippen molar-refractivity contribution >= 4 is 54.0 Å². The number of hydrogen-bond donors (Lipinski definition) is 0. The van der Waals surface area contributed by atoms with Crippen molar-refractivity contribution in [2.24, 2.45) is 0 Å². The average Bonchev–Trinajstić information content (AvgIpc) is 2.77. The number of rotatable bonds is 1. The number of benzene rings is 5. The molecular weight excluding hydrogens is 342 g/mol. The van der Waals surface area contributed by atoms with E-state index in [2.05, 4.69) is 72.8 Å². The molecule has 6 rings (SSSR count). The highest BCUT2D eigenvalue weighted by molar-refractivity contribution is 6.32. The molecule has 0 amide bonds. The average molecular weight is 359 g/mol. The summed E-state index contributed by atoms with van der Waals surface area (Å²) in [5, 5.41) is 10.8. The molecular formula is C26H17NO. The lowest BCUT2D eigenvalue weighted by atomic mass is 9.91. The molecule has 2 heteroatoms. The molecule has 28 heavy (non-hydrogen) atoms. The molecule has 0 bridgehead atoms. The van der Waals surface area contributed by atoms with Crippen LogP contribution in [0.15, 0.2) is 85.1 Å². The van der Waals surface area contributed by atoms with E-state index < -0.39 is 0 Å². The van der Waals surface area contributed by atoms with Gasteiger partial charge in [0.25, 0.3) is 0 Å². The molecule has 1 aromatic heterocycles. The molecule has 0 atom stereocenters. The van der Waals surface area contributed by atoms with Crippen molar-refractivity contribution in [2.75, 3.05) is 7.11 Å². The summed E-state index contributed by atoms with van der Waals surface area (Å²) in [6.07, 6.45) is 1.88. The quantitative estimate of drug-likeness (QED) is 0.299. The fraction of sp³-hybridized carbons (Fsp3) is 0.0385. The maximum Gasteiger partial charge on any atom is 0.127 e. The largest absolute Gasteiger partial charge is 0.496 e. The zero-order valence-electron chi connectivity index (χ0n) is 15.4. The summed E-state index contributed by atoms with van der Waals surface area (Å²) in [6.45, 7) is 0. The number of nitrogens with zero attached hydrogens (tertiary/aromatic N) is 1. The van der Waals surface area contributed by atoms with Crippen molar-refractivity contribution in [2.45, 2.75) is 0 Å². The van der Waals surface area contributed by atoms with Gasteiger partial charge in [0.1, 0.15) is 5.75 Å². The lowest BCUT2D eigenvalue weighted by Crippen LogP contribution is -1.90. The van der Waals surface area contributed by atoms with Crippen LogP contribution in [0.4, 0.5) is 0 Å². The number of ether oxygens (including phenoxy) is 1. The second kappa shape index (κ2) is 5.67. The Kier molecular flexibility index (Phi) is 3.12. The van der Waals surface area contributed by atoms with Crippen molar-refractivity contribution in [1.29, 1.82) is 0 Å². The summed E-state index contributed by atoms with van der Waals surface area (Å²) in [5.41, 5.74) is 1.05. The third-order valence-corrected chi connectivity index (χ3v) is 5.74. The molecule has 1 heterocycles. The zero-order chi connectivity index (χ0) is 18.7. The molecule has 0 aliphatic heterocycles. The van der Waals surface area contributed by atoms with Gasteiger partial charge in [-0.2, -0.15) is 0 Å². The van der Waals surface area contributed by atoms with Crippen LogP contribution in [-0.2, 0) is 0 Å². The Hall–Kier alpha value is -3.65. The molecule has 0 unspecified atom stereocenters.